The van der Waals surface area contributed by atoms with Crippen molar-refractivity contribution in [2.45, 2.75) is 75.4 Å². The summed E-state index contributed by atoms with van der Waals surface area (Å²) in [6.07, 6.45) is 9.61. The van der Waals surface area contributed by atoms with Crippen molar-refractivity contribution in [1.29, 1.82) is 0 Å². The van der Waals surface area contributed by atoms with Crippen molar-refractivity contribution in [3.63, 3.8) is 0 Å². The molecule has 0 aliphatic carbocycles. The Balaban J connectivity index is 0.978. The van der Waals surface area contributed by atoms with Crippen LogP contribution in [0, 0.1) is 6.92 Å². The Bertz CT molecular complexity index is 1770. The van der Waals surface area contributed by atoms with Gasteiger partial charge in [-0.05, 0) is 93.7 Å². The molecule has 8 nitrogen and oxygen atoms in total. The summed E-state index contributed by atoms with van der Waals surface area (Å²) in [5.41, 5.74) is 5.23. The zero-order valence-electron chi connectivity index (χ0n) is 26.0. The molecule has 0 radical (unpaired) electrons. The maximum Gasteiger partial charge on any atom is 0.274 e. The molecule has 230 valence electrons. The molecule has 1 amide bonds. The number of likely N-dealkylation sites (tertiary alicyclic amines) is 1. The molecular weight excluding hydrogens is 558 g/mol. The van der Waals surface area contributed by atoms with Gasteiger partial charge in [-0.1, -0.05) is 65.9 Å². The Hall–Kier alpha value is -4.30. The highest BCUT2D eigenvalue weighted by Gasteiger charge is 2.44. The van der Waals surface area contributed by atoms with Crippen LogP contribution in [0.1, 0.15) is 72.9 Å². The minimum Gasteiger partial charge on any atom is -0.337 e. The maximum absolute atomic E-state index is 13.7. The van der Waals surface area contributed by atoms with E-state index in [4.69, 9.17) is 4.98 Å². The first kappa shape index (κ1) is 28.2. The third-order valence-electron chi connectivity index (χ3n) is 11.0. The van der Waals surface area contributed by atoms with Gasteiger partial charge in [0.25, 0.3) is 5.91 Å². The van der Waals surface area contributed by atoms with Crippen LogP contribution in [0.5, 0.6) is 0 Å². The van der Waals surface area contributed by atoms with Gasteiger partial charge in [-0.3, -0.25) is 9.69 Å². The molecule has 3 fully saturated rings. The van der Waals surface area contributed by atoms with E-state index in [0.29, 0.717) is 23.8 Å². The molecule has 0 saturated carbocycles. The molecule has 5 aromatic rings. The predicted octanol–water partition coefficient (Wildman–Crippen LogP) is 6.36. The second kappa shape index (κ2) is 11.6. The quantitative estimate of drug-likeness (QED) is 0.218. The molecule has 0 spiro atoms. The number of fused-ring (bicyclic) bond motifs is 3. The van der Waals surface area contributed by atoms with Gasteiger partial charge >= 0.3 is 0 Å². The summed E-state index contributed by atoms with van der Waals surface area (Å²) < 4.78 is 4.18. The highest BCUT2D eigenvalue weighted by Crippen LogP contribution is 2.45. The van der Waals surface area contributed by atoms with E-state index in [-0.39, 0.29) is 11.3 Å². The summed E-state index contributed by atoms with van der Waals surface area (Å²) >= 11 is 0. The van der Waals surface area contributed by atoms with Crippen molar-refractivity contribution in [2.75, 3.05) is 19.6 Å². The van der Waals surface area contributed by atoms with Crippen molar-refractivity contribution in [3.8, 4) is 5.69 Å². The number of piperidine rings is 2. The molecule has 0 N–H and O–H groups in total. The molecule has 3 aromatic carbocycles. The monoisotopic (exact) mass is 599 g/mol. The molecule has 5 heterocycles. The Morgan fingerprint density at radius 2 is 1.51 bits per heavy atom. The van der Waals surface area contributed by atoms with Gasteiger partial charge in [0.15, 0.2) is 5.69 Å². The first-order chi connectivity index (χ1) is 22.1. The SMILES string of the molecule is Cc1nc2ccccc2n1C1C[C@H]2CC[C@@H](C1)N2CCC1(c2ccccc2)CCN(C(=O)c2cnnn2-c2ccccc2)CC1. The lowest BCUT2D eigenvalue weighted by Gasteiger charge is -2.45. The van der Waals surface area contributed by atoms with Crippen LogP contribution < -0.4 is 0 Å². The van der Waals surface area contributed by atoms with Gasteiger partial charge in [0.05, 0.1) is 22.9 Å². The van der Waals surface area contributed by atoms with Crippen LogP contribution in [-0.4, -0.2) is 72.0 Å². The largest absolute Gasteiger partial charge is 0.337 e. The fraction of sp³-hybridized carbons (Fsp3) is 0.405. The second-order valence-electron chi connectivity index (χ2n) is 13.3. The number of aromatic nitrogens is 5. The van der Waals surface area contributed by atoms with E-state index in [1.165, 1.54) is 36.8 Å². The van der Waals surface area contributed by atoms with Crippen molar-refractivity contribution < 1.29 is 4.79 Å². The zero-order chi connectivity index (χ0) is 30.4. The molecule has 3 atom stereocenters. The zero-order valence-corrected chi connectivity index (χ0v) is 26.0. The first-order valence-electron chi connectivity index (χ1n) is 16.6. The second-order valence-corrected chi connectivity index (χ2v) is 13.3. The molecule has 8 heteroatoms. The van der Waals surface area contributed by atoms with Gasteiger partial charge in [-0.2, -0.15) is 0 Å². The topological polar surface area (TPSA) is 72.1 Å². The Kier molecular flexibility index (Phi) is 7.25. The maximum atomic E-state index is 13.7. The summed E-state index contributed by atoms with van der Waals surface area (Å²) in [6, 6.07) is 31.2. The van der Waals surface area contributed by atoms with Crippen molar-refractivity contribution in [2.24, 2.45) is 0 Å². The van der Waals surface area contributed by atoms with Crippen LogP contribution in [0.25, 0.3) is 16.7 Å². The van der Waals surface area contributed by atoms with E-state index in [9.17, 15) is 4.79 Å². The van der Waals surface area contributed by atoms with E-state index in [0.717, 1.165) is 55.9 Å². The highest BCUT2D eigenvalue weighted by molar-refractivity contribution is 5.93. The standard InChI is InChI=1S/C37H41N7O/c1-27-39-33-14-8-9-15-34(33)43(27)32-24-30-16-17-31(25-32)42(30)23-20-37(28-10-4-2-5-11-28)18-21-41(22-19-37)36(45)35-26-38-40-44(35)29-12-6-3-7-13-29/h2-15,26,30-32H,16-25H2,1H3/t30-,31+,32?. The average molecular weight is 600 g/mol. The Labute approximate surface area is 264 Å². The van der Waals surface area contributed by atoms with Crippen molar-refractivity contribution in [1.82, 2.24) is 34.3 Å². The van der Waals surface area contributed by atoms with Crippen LogP contribution in [0.15, 0.2) is 91.1 Å². The molecule has 3 aliphatic heterocycles. The van der Waals surface area contributed by atoms with Gasteiger partial charge < -0.3 is 9.47 Å². The minimum atomic E-state index is 0.00736. The third kappa shape index (κ3) is 5.05. The van der Waals surface area contributed by atoms with Crippen molar-refractivity contribution >= 4 is 16.9 Å². The Morgan fingerprint density at radius 1 is 0.844 bits per heavy atom. The molecule has 2 aromatic heterocycles. The van der Waals surface area contributed by atoms with Crippen LogP contribution >= 0.6 is 0 Å². The van der Waals surface area contributed by atoms with Gasteiger partial charge in [0, 0.05) is 31.2 Å². The minimum absolute atomic E-state index is 0.00736. The number of aryl methyl sites for hydroxylation is 1. The van der Waals surface area contributed by atoms with Crippen LogP contribution in [-0.2, 0) is 5.41 Å². The van der Waals surface area contributed by atoms with E-state index in [1.54, 1.807) is 10.9 Å². The van der Waals surface area contributed by atoms with E-state index >= 15 is 0 Å². The molecule has 3 saturated heterocycles. The number of imidazole rings is 1. The number of carbonyl (C=O) groups is 1. The van der Waals surface area contributed by atoms with Crippen molar-refractivity contribution in [3.05, 3.63) is 108 Å². The summed E-state index contributed by atoms with van der Waals surface area (Å²) in [5.74, 6) is 1.15. The normalized spacial score (nSPS) is 23.0. The summed E-state index contributed by atoms with van der Waals surface area (Å²) in [5, 5.41) is 8.32. The number of hydrogen-bond donors (Lipinski definition) is 0. The van der Waals surface area contributed by atoms with Gasteiger partial charge in [0.2, 0.25) is 0 Å². The number of hydrogen-bond acceptors (Lipinski definition) is 5. The first-order valence-corrected chi connectivity index (χ1v) is 16.6. The van der Waals surface area contributed by atoms with Gasteiger partial charge in [-0.15, -0.1) is 5.10 Å². The van der Waals surface area contributed by atoms with Crippen LogP contribution in [0.4, 0.5) is 0 Å². The Morgan fingerprint density at radius 3 is 2.24 bits per heavy atom. The molecule has 8 rings (SSSR count). The van der Waals surface area contributed by atoms with E-state index < -0.39 is 0 Å². The van der Waals surface area contributed by atoms with Crippen LogP contribution in [0.2, 0.25) is 0 Å². The fourth-order valence-electron chi connectivity index (χ4n) is 8.71. The lowest BCUT2D eigenvalue weighted by molar-refractivity contribution is 0.0599. The molecule has 3 aliphatic rings. The fourth-order valence-corrected chi connectivity index (χ4v) is 8.71. The number of carbonyl (C=O) groups excluding carboxylic acids is 1. The predicted molar refractivity (Wildman–Crippen MR) is 175 cm³/mol. The average Bonchev–Trinajstić information content (AvgIpc) is 3.77. The number of amides is 1. The lowest BCUT2D eigenvalue weighted by Crippen LogP contribution is -2.49. The third-order valence-corrected chi connectivity index (χ3v) is 11.0. The number of nitrogens with zero attached hydrogens (tertiary/aromatic N) is 7. The number of rotatable bonds is 7. The lowest BCUT2D eigenvalue weighted by atomic mass is 9.70. The van der Waals surface area contributed by atoms with E-state index in [2.05, 4.69) is 81.3 Å². The van der Waals surface area contributed by atoms with Gasteiger partial charge in [0.1, 0.15) is 5.82 Å². The summed E-state index contributed by atoms with van der Waals surface area (Å²) in [7, 11) is 0. The summed E-state index contributed by atoms with van der Waals surface area (Å²) in [6.45, 7) is 4.74. The molecule has 1 unspecified atom stereocenters. The van der Waals surface area contributed by atoms with Crippen LogP contribution in [0.3, 0.4) is 0 Å². The molecular formula is C37H41N7O. The molecule has 45 heavy (non-hydrogen) atoms. The summed E-state index contributed by atoms with van der Waals surface area (Å²) in [4.78, 5) is 23.5. The molecule has 2 bridgehead atoms. The number of para-hydroxylation sites is 3. The smallest absolute Gasteiger partial charge is 0.274 e. The highest BCUT2D eigenvalue weighted by atomic mass is 16.2. The van der Waals surface area contributed by atoms with Gasteiger partial charge in [-0.25, -0.2) is 9.67 Å². The number of benzene rings is 3. The van der Waals surface area contributed by atoms with E-state index in [1.807, 2.05) is 35.2 Å².